The summed E-state index contributed by atoms with van der Waals surface area (Å²) >= 11 is 1.43. The zero-order valence-electron chi connectivity index (χ0n) is 18.3. The van der Waals surface area contributed by atoms with Crippen LogP contribution in [-0.4, -0.2) is 47.0 Å². The van der Waals surface area contributed by atoms with Crippen molar-refractivity contribution in [2.24, 2.45) is 4.99 Å². The fourth-order valence-electron chi connectivity index (χ4n) is 3.62. The maximum atomic E-state index is 13.2. The molecule has 166 valence electrons. The number of rotatable bonds is 9. The van der Waals surface area contributed by atoms with Gasteiger partial charge in [0.2, 0.25) is 5.91 Å². The second-order valence-corrected chi connectivity index (χ2v) is 8.15. The van der Waals surface area contributed by atoms with Gasteiger partial charge in [-0.15, -0.1) is 0 Å². The van der Waals surface area contributed by atoms with Gasteiger partial charge in [0.25, 0.3) is 0 Å². The number of carbonyl (C=O) groups excluding carboxylic acids is 2. The topological polar surface area (TPSA) is 77.4 Å². The molecule has 2 atom stereocenters. The minimum Gasteiger partial charge on any atom is -0.490 e. The van der Waals surface area contributed by atoms with E-state index in [1.165, 1.54) is 17.8 Å². The van der Waals surface area contributed by atoms with Crippen LogP contribution in [0.4, 0.5) is 0 Å². The van der Waals surface area contributed by atoms with Crippen LogP contribution in [0.25, 0.3) is 0 Å². The van der Waals surface area contributed by atoms with Crippen LogP contribution >= 0.6 is 11.8 Å². The van der Waals surface area contributed by atoms with Crippen LogP contribution in [0.3, 0.4) is 0 Å². The van der Waals surface area contributed by atoms with E-state index in [0.29, 0.717) is 47.6 Å². The summed E-state index contributed by atoms with van der Waals surface area (Å²) in [4.78, 5) is 32.4. The van der Waals surface area contributed by atoms with Crippen molar-refractivity contribution < 1.29 is 23.8 Å². The molecule has 0 aliphatic carbocycles. The van der Waals surface area contributed by atoms with Crippen molar-refractivity contribution in [1.29, 1.82) is 0 Å². The number of amides is 1. The molecule has 1 aromatic carbocycles. The standard InChI is InChI=1S/C23H28N2O5S/c1-6-12-30-22(27)19-14(5)24-23-25(21(26)18(7-2)31-23)20(19)15-10-11-16(28-8-3)17(13-15)29-9-4/h6,10-11,13,18,20H,1,7-9,12H2,2-5H3/t18-,20+/m0/s1. The van der Waals surface area contributed by atoms with Gasteiger partial charge >= 0.3 is 5.97 Å². The van der Waals surface area contributed by atoms with Crippen LogP contribution in [0, 0.1) is 0 Å². The highest BCUT2D eigenvalue weighted by Crippen LogP contribution is 2.45. The lowest BCUT2D eigenvalue weighted by atomic mass is 9.93. The molecule has 3 rings (SSSR count). The summed E-state index contributed by atoms with van der Waals surface area (Å²) < 4.78 is 16.8. The number of hydrogen-bond donors (Lipinski definition) is 0. The summed E-state index contributed by atoms with van der Waals surface area (Å²) in [5.41, 5.74) is 1.60. The number of allylic oxidation sites excluding steroid dienone is 1. The van der Waals surface area contributed by atoms with Crippen molar-refractivity contribution in [2.45, 2.75) is 45.4 Å². The molecule has 1 aromatic rings. The first-order valence-electron chi connectivity index (χ1n) is 10.4. The molecule has 0 bridgehead atoms. The predicted molar refractivity (Wildman–Crippen MR) is 121 cm³/mol. The van der Waals surface area contributed by atoms with Gasteiger partial charge in [0.15, 0.2) is 16.7 Å². The van der Waals surface area contributed by atoms with Gasteiger partial charge in [-0.3, -0.25) is 9.69 Å². The fraction of sp³-hybridized carbons (Fsp3) is 0.435. The second-order valence-electron chi connectivity index (χ2n) is 6.98. The summed E-state index contributed by atoms with van der Waals surface area (Å²) in [6.45, 7) is 12.2. The van der Waals surface area contributed by atoms with Crippen molar-refractivity contribution in [3.8, 4) is 11.5 Å². The maximum absolute atomic E-state index is 13.2. The van der Waals surface area contributed by atoms with E-state index in [1.54, 1.807) is 11.8 Å². The lowest BCUT2D eigenvalue weighted by Crippen LogP contribution is -2.40. The fourth-order valence-corrected chi connectivity index (χ4v) is 4.75. The van der Waals surface area contributed by atoms with E-state index in [2.05, 4.69) is 11.6 Å². The van der Waals surface area contributed by atoms with E-state index in [0.717, 1.165) is 5.56 Å². The number of nitrogens with zero attached hydrogens (tertiary/aromatic N) is 2. The van der Waals surface area contributed by atoms with E-state index in [9.17, 15) is 9.59 Å². The van der Waals surface area contributed by atoms with Crippen LogP contribution in [0.1, 0.15) is 45.7 Å². The highest BCUT2D eigenvalue weighted by Gasteiger charge is 2.47. The Kier molecular flexibility index (Phi) is 7.43. The molecule has 1 amide bonds. The van der Waals surface area contributed by atoms with E-state index in [1.807, 2.05) is 39.0 Å². The third-order valence-electron chi connectivity index (χ3n) is 4.96. The Labute approximate surface area is 187 Å². The van der Waals surface area contributed by atoms with E-state index in [-0.39, 0.29) is 17.8 Å². The van der Waals surface area contributed by atoms with Crippen LogP contribution in [0.2, 0.25) is 0 Å². The van der Waals surface area contributed by atoms with Crippen molar-refractivity contribution >= 4 is 28.8 Å². The molecule has 2 aliphatic rings. The van der Waals surface area contributed by atoms with E-state index < -0.39 is 12.0 Å². The quantitative estimate of drug-likeness (QED) is 0.419. The summed E-state index contributed by atoms with van der Waals surface area (Å²) in [7, 11) is 0. The SMILES string of the molecule is C=CCOC(=O)C1=C(C)N=C2S[C@@H](CC)C(=O)N2[C@@H]1c1ccc(OCC)c(OCC)c1. The first-order valence-corrected chi connectivity index (χ1v) is 11.3. The van der Waals surface area contributed by atoms with Crippen molar-refractivity contribution in [1.82, 2.24) is 4.90 Å². The van der Waals surface area contributed by atoms with Crippen LogP contribution in [0.5, 0.6) is 11.5 Å². The number of benzene rings is 1. The Morgan fingerprint density at radius 2 is 1.94 bits per heavy atom. The highest BCUT2D eigenvalue weighted by atomic mass is 32.2. The summed E-state index contributed by atoms with van der Waals surface area (Å²) in [5, 5.41) is 0.373. The molecule has 0 N–H and O–H groups in total. The van der Waals surface area contributed by atoms with Gasteiger partial charge in [-0.2, -0.15) is 0 Å². The normalized spacial score (nSPS) is 20.3. The zero-order chi connectivity index (χ0) is 22.5. The average Bonchev–Trinajstić information content (AvgIpc) is 3.07. The van der Waals surface area contributed by atoms with Crippen LogP contribution < -0.4 is 9.47 Å². The Balaban J connectivity index is 2.13. The minimum atomic E-state index is -0.656. The molecule has 0 unspecified atom stereocenters. The number of hydrogen-bond acceptors (Lipinski definition) is 7. The van der Waals surface area contributed by atoms with Gasteiger partial charge < -0.3 is 14.2 Å². The van der Waals surface area contributed by atoms with Crippen molar-refractivity contribution in [3.05, 3.63) is 47.7 Å². The molecule has 2 heterocycles. The number of carbonyl (C=O) groups is 2. The minimum absolute atomic E-state index is 0.0652. The van der Waals surface area contributed by atoms with Crippen LogP contribution in [0.15, 0.2) is 47.1 Å². The van der Waals surface area contributed by atoms with Crippen molar-refractivity contribution in [2.75, 3.05) is 19.8 Å². The molecular weight excluding hydrogens is 416 g/mol. The van der Waals surface area contributed by atoms with Crippen LogP contribution in [-0.2, 0) is 14.3 Å². The molecule has 31 heavy (non-hydrogen) atoms. The highest BCUT2D eigenvalue weighted by molar-refractivity contribution is 8.15. The molecule has 7 nitrogen and oxygen atoms in total. The molecule has 1 saturated heterocycles. The van der Waals surface area contributed by atoms with E-state index in [4.69, 9.17) is 14.2 Å². The number of aliphatic imine (C=N–C) groups is 1. The summed E-state index contributed by atoms with van der Waals surface area (Å²) in [6, 6.07) is 4.83. The molecule has 2 aliphatic heterocycles. The third-order valence-corrected chi connectivity index (χ3v) is 6.28. The van der Waals surface area contributed by atoms with Gasteiger partial charge in [0.05, 0.1) is 35.8 Å². The van der Waals surface area contributed by atoms with Gasteiger partial charge in [-0.1, -0.05) is 37.4 Å². The summed E-state index contributed by atoms with van der Waals surface area (Å²) in [6.07, 6.45) is 2.18. The monoisotopic (exact) mass is 444 g/mol. The largest absolute Gasteiger partial charge is 0.490 e. The Hall–Kier alpha value is -2.74. The Bertz CT molecular complexity index is 940. The number of ether oxygens (including phenoxy) is 3. The number of esters is 1. The molecular formula is C23H28N2O5S. The lowest BCUT2D eigenvalue weighted by Gasteiger charge is -2.33. The molecule has 0 spiro atoms. The molecule has 8 heteroatoms. The summed E-state index contributed by atoms with van der Waals surface area (Å²) in [5.74, 6) is 0.593. The molecule has 0 radical (unpaired) electrons. The van der Waals surface area contributed by atoms with Gasteiger partial charge in [-0.05, 0) is 44.9 Å². The zero-order valence-corrected chi connectivity index (χ0v) is 19.2. The smallest absolute Gasteiger partial charge is 0.338 e. The lowest BCUT2D eigenvalue weighted by molar-refractivity contribution is -0.139. The predicted octanol–water partition coefficient (Wildman–Crippen LogP) is 4.25. The van der Waals surface area contributed by atoms with Gasteiger partial charge in [0, 0.05) is 0 Å². The third kappa shape index (κ3) is 4.49. The molecule has 0 saturated carbocycles. The number of thioether (sulfide) groups is 1. The number of amidine groups is 1. The second kappa shape index (κ2) is 10.0. The Morgan fingerprint density at radius 1 is 1.23 bits per heavy atom. The van der Waals surface area contributed by atoms with Gasteiger partial charge in [-0.25, -0.2) is 9.79 Å². The van der Waals surface area contributed by atoms with Crippen molar-refractivity contribution in [3.63, 3.8) is 0 Å². The Morgan fingerprint density at radius 3 is 2.58 bits per heavy atom. The van der Waals surface area contributed by atoms with Gasteiger partial charge in [0.1, 0.15) is 6.61 Å². The average molecular weight is 445 g/mol. The first-order chi connectivity index (χ1) is 15.0. The number of fused-ring (bicyclic) bond motifs is 1. The molecule has 1 fully saturated rings. The van der Waals surface area contributed by atoms with E-state index >= 15 is 0 Å². The first kappa shape index (κ1) is 22.9. The maximum Gasteiger partial charge on any atom is 0.338 e. The molecule has 0 aromatic heterocycles.